The standard InChI is InChI=1S/C17H25NO3S/c1-22(20,21)14-12-17(19)18(16-9-5-6-10-16)13-11-15-7-3-2-4-8-15/h2-4,7-8,16H,5-6,9-14H2,1H3. The third kappa shape index (κ3) is 5.44. The minimum absolute atomic E-state index is 0.0201. The van der Waals surface area contributed by atoms with E-state index >= 15 is 0 Å². The molecular formula is C17H25NO3S. The summed E-state index contributed by atoms with van der Waals surface area (Å²) >= 11 is 0. The van der Waals surface area contributed by atoms with Gasteiger partial charge in [0.15, 0.2) is 0 Å². The maximum Gasteiger partial charge on any atom is 0.223 e. The molecule has 1 aromatic carbocycles. The average Bonchev–Trinajstić information content (AvgIpc) is 3.00. The molecule has 1 aliphatic carbocycles. The quantitative estimate of drug-likeness (QED) is 0.774. The number of benzene rings is 1. The molecule has 0 N–H and O–H groups in total. The van der Waals surface area contributed by atoms with Crippen molar-refractivity contribution >= 4 is 15.7 Å². The van der Waals surface area contributed by atoms with Gasteiger partial charge in [0.2, 0.25) is 5.91 Å². The topological polar surface area (TPSA) is 54.5 Å². The molecule has 1 amide bonds. The Morgan fingerprint density at radius 2 is 1.82 bits per heavy atom. The molecule has 22 heavy (non-hydrogen) atoms. The molecule has 0 spiro atoms. The Balaban J connectivity index is 1.97. The molecule has 0 atom stereocenters. The molecular weight excluding hydrogens is 298 g/mol. The van der Waals surface area contributed by atoms with Crippen LogP contribution in [0, 0.1) is 0 Å². The molecule has 2 rings (SSSR count). The van der Waals surface area contributed by atoms with Crippen LogP contribution in [0.3, 0.4) is 0 Å². The van der Waals surface area contributed by atoms with Crippen LogP contribution in [0.25, 0.3) is 0 Å². The summed E-state index contributed by atoms with van der Waals surface area (Å²) in [4.78, 5) is 14.4. The Kier molecular flexibility index (Phi) is 6.00. The fraction of sp³-hybridized carbons (Fsp3) is 0.588. The molecule has 1 aliphatic rings. The number of sulfone groups is 1. The Hall–Kier alpha value is -1.36. The summed E-state index contributed by atoms with van der Waals surface area (Å²) in [6, 6.07) is 10.4. The zero-order chi connectivity index (χ0) is 16.0. The molecule has 0 radical (unpaired) electrons. The molecule has 0 aromatic heterocycles. The lowest BCUT2D eigenvalue weighted by molar-refractivity contribution is -0.133. The molecule has 122 valence electrons. The SMILES string of the molecule is CS(=O)(=O)CCC(=O)N(CCc1ccccc1)C1CCCC1. The van der Waals surface area contributed by atoms with Crippen LogP contribution < -0.4 is 0 Å². The normalized spacial score (nSPS) is 15.9. The van der Waals surface area contributed by atoms with Crippen LogP contribution in [0.15, 0.2) is 30.3 Å². The van der Waals surface area contributed by atoms with Gasteiger partial charge in [0.1, 0.15) is 9.84 Å². The lowest BCUT2D eigenvalue weighted by Gasteiger charge is -2.29. The van der Waals surface area contributed by atoms with Crippen LogP contribution in [0.1, 0.15) is 37.7 Å². The monoisotopic (exact) mass is 323 g/mol. The maximum absolute atomic E-state index is 12.5. The van der Waals surface area contributed by atoms with Gasteiger partial charge < -0.3 is 4.90 Å². The maximum atomic E-state index is 12.5. The number of rotatable bonds is 7. The van der Waals surface area contributed by atoms with Gasteiger partial charge in [0.05, 0.1) is 5.75 Å². The number of carbonyl (C=O) groups excluding carboxylic acids is 1. The summed E-state index contributed by atoms with van der Waals surface area (Å²) in [7, 11) is -3.09. The Morgan fingerprint density at radius 1 is 1.18 bits per heavy atom. The summed E-state index contributed by atoms with van der Waals surface area (Å²) in [5.41, 5.74) is 1.21. The second-order valence-electron chi connectivity index (χ2n) is 6.14. The molecule has 5 heteroatoms. The van der Waals surface area contributed by atoms with Gasteiger partial charge >= 0.3 is 0 Å². The predicted molar refractivity (Wildman–Crippen MR) is 88.4 cm³/mol. The van der Waals surface area contributed by atoms with Crippen molar-refractivity contribution in [1.29, 1.82) is 0 Å². The average molecular weight is 323 g/mol. The van der Waals surface area contributed by atoms with Gasteiger partial charge in [-0.2, -0.15) is 0 Å². The van der Waals surface area contributed by atoms with E-state index in [1.54, 1.807) is 0 Å². The number of hydrogen-bond acceptors (Lipinski definition) is 3. The van der Waals surface area contributed by atoms with E-state index in [4.69, 9.17) is 0 Å². The fourth-order valence-corrected chi connectivity index (χ4v) is 3.58. The number of carbonyl (C=O) groups is 1. The highest BCUT2D eigenvalue weighted by molar-refractivity contribution is 7.90. The number of hydrogen-bond donors (Lipinski definition) is 0. The number of nitrogens with zero attached hydrogens (tertiary/aromatic N) is 1. The highest BCUT2D eigenvalue weighted by atomic mass is 32.2. The zero-order valence-electron chi connectivity index (χ0n) is 13.2. The van der Waals surface area contributed by atoms with E-state index in [2.05, 4.69) is 12.1 Å². The zero-order valence-corrected chi connectivity index (χ0v) is 14.0. The van der Waals surface area contributed by atoms with Gasteiger partial charge in [0, 0.05) is 25.3 Å². The fourth-order valence-electron chi connectivity index (χ4n) is 3.04. The minimum atomic E-state index is -3.09. The van der Waals surface area contributed by atoms with Crippen LogP contribution in [0.5, 0.6) is 0 Å². The van der Waals surface area contributed by atoms with Crippen molar-refractivity contribution in [2.45, 2.75) is 44.6 Å². The predicted octanol–water partition coefficient (Wildman–Crippen LogP) is 2.43. The van der Waals surface area contributed by atoms with Crippen molar-refractivity contribution in [2.75, 3.05) is 18.6 Å². The Bertz CT molecular complexity index is 577. The van der Waals surface area contributed by atoms with E-state index in [1.165, 1.54) is 11.8 Å². The molecule has 1 aromatic rings. The lowest BCUT2D eigenvalue weighted by Crippen LogP contribution is -2.40. The van der Waals surface area contributed by atoms with Gasteiger partial charge in [0.25, 0.3) is 0 Å². The van der Waals surface area contributed by atoms with E-state index in [0.717, 1.165) is 32.1 Å². The van der Waals surface area contributed by atoms with Crippen molar-refractivity contribution in [3.05, 3.63) is 35.9 Å². The second-order valence-corrected chi connectivity index (χ2v) is 8.40. The van der Waals surface area contributed by atoms with Crippen molar-refractivity contribution in [2.24, 2.45) is 0 Å². The van der Waals surface area contributed by atoms with Crippen LogP contribution >= 0.6 is 0 Å². The first kappa shape index (κ1) is 17.0. The summed E-state index contributed by atoms with van der Waals surface area (Å²) in [5, 5.41) is 0. The molecule has 0 saturated heterocycles. The third-order valence-corrected chi connectivity index (χ3v) is 5.20. The van der Waals surface area contributed by atoms with E-state index in [0.29, 0.717) is 6.54 Å². The highest BCUT2D eigenvalue weighted by Gasteiger charge is 2.26. The second kappa shape index (κ2) is 7.77. The molecule has 0 unspecified atom stereocenters. The van der Waals surface area contributed by atoms with Crippen molar-refractivity contribution in [3.63, 3.8) is 0 Å². The van der Waals surface area contributed by atoms with Crippen molar-refractivity contribution in [1.82, 2.24) is 4.90 Å². The van der Waals surface area contributed by atoms with E-state index in [9.17, 15) is 13.2 Å². The van der Waals surface area contributed by atoms with Gasteiger partial charge in [-0.05, 0) is 24.8 Å². The summed E-state index contributed by atoms with van der Waals surface area (Å²) in [6.07, 6.45) is 6.51. The van der Waals surface area contributed by atoms with Crippen molar-refractivity contribution < 1.29 is 13.2 Å². The molecule has 4 nitrogen and oxygen atoms in total. The molecule has 1 saturated carbocycles. The van der Waals surface area contributed by atoms with E-state index in [1.807, 2.05) is 23.1 Å². The molecule has 0 heterocycles. The van der Waals surface area contributed by atoms with Crippen LogP contribution in [0.2, 0.25) is 0 Å². The first-order valence-electron chi connectivity index (χ1n) is 7.97. The van der Waals surface area contributed by atoms with Gasteiger partial charge in [-0.1, -0.05) is 43.2 Å². The Labute approximate surface area is 133 Å². The summed E-state index contributed by atoms with van der Waals surface area (Å²) in [6.45, 7) is 0.678. The van der Waals surface area contributed by atoms with E-state index < -0.39 is 9.84 Å². The van der Waals surface area contributed by atoms with Crippen LogP contribution in [-0.2, 0) is 21.1 Å². The lowest BCUT2D eigenvalue weighted by atomic mass is 10.1. The molecule has 0 aliphatic heterocycles. The van der Waals surface area contributed by atoms with Gasteiger partial charge in [-0.3, -0.25) is 4.79 Å². The summed E-state index contributed by atoms with van der Waals surface area (Å²) in [5.74, 6) is -0.0753. The summed E-state index contributed by atoms with van der Waals surface area (Å²) < 4.78 is 22.6. The van der Waals surface area contributed by atoms with Gasteiger partial charge in [-0.25, -0.2) is 8.42 Å². The Morgan fingerprint density at radius 3 is 2.41 bits per heavy atom. The molecule has 0 bridgehead atoms. The largest absolute Gasteiger partial charge is 0.339 e. The van der Waals surface area contributed by atoms with Crippen LogP contribution in [0.4, 0.5) is 0 Å². The van der Waals surface area contributed by atoms with Gasteiger partial charge in [-0.15, -0.1) is 0 Å². The minimum Gasteiger partial charge on any atom is -0.339 e. The molecule has 1 fully saturated rings. The number of amides is 1. The first-order valence-corrected chi connectivity index (χ1v) is 10.0. The first-order chi connectivity index (χ1) is 10.5. The third-order valence-electron chi connectivity index (χ3n) is 4.26. The smallest absolute Gasteiger partial charge is 0.223 e. The highest BCUT2D eigenvalue weighted by Crippen LogP contribution is 2.24. The van der Waals surface area contributed by atoms with Crippen LogP contribution in [-0.4, -0.2) is 43.8 Å². The van der Waals surface area contributed by atoms with Crippen molar-refractivity contribution in [3.8, 4) is 0 Å². The van der Waals surface area contributed by atoms with E-state index in [-0.39, 0.29) is 24.1 Å².